The molecule has 0 aromatic carbocycles. The number of rotatable bonds is 1. The van der Waals surface area contributed by atoms with Crippen LogP contribution in [0.1, 0.15) is 0 Å². The second-order valence-electron chi connectivity index (χ2n) is 2.84. The summed E-state index contributed by atoms with van der Waals surface area (Å²) in [5, 5.41) is 30.0. The largest absolute Gasteiger partial charge is 0.395 e. The molecule has 0 bridgehead atoms. The first-order valence-corrected chi connectivity index (χ1v) is 3.62. The average molecular weight is 162 g/mol. The van der Waals surface area contributed by atoms with E-state index in [1.165, 1.54) is 0 Å². The van der Waals surface area contributed by atoms with Gasteiger partial charge in [0.2, 0.25) is 0 Å². The van der Waals surface area contributed by atoms with Gasteiger partial charge in [0.1, 0.15) is 0 Å². The van der Waals surface area contributed by atoms with Gasteiger partial charge in [-0.2, -0.15) is 0 Å². The Morgan fingerprint density at radius 3 is 2.55 bits per heavy atom. The van der Waals surface area contributed by atoms with Gasteiger partial charge in [-0.15, -0.1) is 0 Å². The first-order valence-electron chi connectivity index (χ1n) is 3.62. The van der Waals surface area contributed by atoms with Crippen molar-refractivity contribution in [3.63, 3.8) is 0 Å². The Morgan fingerprint density at radius 1 is 1.36 bits per heavy atom. The van der Waals surface area contributed by atoms with E-state index in [4.69, 9.17) is 10.8 Å². The zero-order valence-electron chi connectivity index (χ0n) is 6.14. The standard InChI is InChI=1S/C6H14N2O3/c7-3-1-8-4(2-9)6(11)5(3)10/h3-6,8-11H,1-2,7H2/t3-,4+,5+,6-/m1/s1. The summed E-state index contributed by atoms with van der Waals surface area (Å²) >= 11 is 0. The fourth-order valence-electron chi connectivity index (χ4n) is 1.19. The van der Waals surface area contributed by atoms with Crippen LogP contribution in [0.25, 0.3) is 0 Å². The molecule has 0 unspecified atom stereocenters. The summed E-state index contributed by atoms with van der Waals surface area (Å²) in [7, 11) is 0. The van der Waals surface area contributed by atoms with Gasteiger partial charge in [0.25, 0.3) is 0 Å². The number of hydrogen-bond acceptors (Lipinski definition) is 5. The summed E-state index contributed by atoms with van der Waals surface area (Å²) in [5.74, 6) is 0. The Morgan fingerprint density at radius 2 is 2.00 bits per heavy atom. The van der Waals surface area contributed by atoms with Crippen LogP contribution in [0.2, 0.25) is 0 Å². The molecule has 1 rings (SSSR count). The molecule has 0 saturated carbocycles. The van der Waals surface area contributed by atoms with E-state index >= 15 is 0 Å². The number of nitrogens with two attached hydrogens (primary N) is 1. The second kappa shape index (κ2) is 3.46. The minimum atomic E-state index is -0.969. The van der Waals surface area contributed by atoms with Gasteiger partial charge >= 0.3 is 0 Å². The van der Waals surface area contributed by atoms with E-state index < -0.39 is 24.3 Å². The highest BCUT2D eigenvalue weighted by Gasteiger charge is 2.34. The minimum Gasteiger partial charge on any atom is -0.395 e. The Kier molecular flexibility index (Phi) is 2.80. The number of aliphatic hydroxyl groups excluding tert-OH is 3. The van der Waals surface area contributed by atoms with Gasteiger partial charge in [-0.1, -0.05) is 0 Å². The summed E-state index contributed by atoms with van der Waals surface area (Å²) in [6.07, 6.45) is -1.91. The van der Waals surface area contributed by atoms with Crippen LogP contribution < -0.4 is 11.1 Å². The van der Waals surface area contributed by atoms with Crippen molar-refractivity contribution in [1.82, 2.24) is 5.32 Å². The Balaban J connectivity index is 2.52. The Bertz CT molecular complexity index is 131. The van der Waals surface area contributed by atoms with Crippen molar-refractivity contribution in [2.24, 2.45) is 5.73 Å². The SMILES string of the molecule is N[C@@H]1CN[C@@H](CO)[C@@H](O)[C@H]1O. The zero-order valence-corrected chi connectivity index (χ0v) is 6.14. The van der Waals surface area contributed by atoms with Gasteiger partial charge in [-0.25, -0.2) is 0 Å². The second-order valence-corrected chi connectivity index (χ2v) is 2.84. The number of aliphatic hydroxyl groups is 3. The number of hydrogen-bond donors (Lipinski definition) is 5. The van der Waals surface area contributed by atoms with Crippen molar-refractivity contribution in [3.05, 3.63) is 0 Å². The maximum Gasteiger partial charge on any atom is 0.0989 e. The molecule has 1 aliphatic heterocycles. The molecule has 1 fully saturated rings. The van der Waals surface area contributed by atoms with Crippen molar-refractivity contribution < 1.29 is 15.3 Å². The molecule has 0 aromatic rings. The van der Waals surface area contributed by atoms with Crippen molar-refractivity contribution >= 4 is 0 Å². The molecular formula is C6H14N2O3. The van der Waals surface area contributed by atoms with Crippen LogP contribution in [-0.2, 0) is 0 Å². The van der Waals surface area contributed by atoms with Crippen LogP contribution in [-0.4, -0.2) is 52.8 Å². The Hall–Kier alpha value is -0.200. The van der Waals surface area contributed by atoms with E-state index in [0.29, 0.717) is 6.54 Å². The van der Waals surface area contributed by atoms with Crippen LogP contribution in [0.15, 0.2) is 0 Å². The molecule has 0 aliphatic carbocycles. The molecule has 5 nitrogen and oxygen atoms in total. The monoisotopic (exact) mass is 162 g/mol. The zero-order chi connectivity index (χ0) is 8.43. The number of piperidine rings is 1. The van der Waals surface area contributed by atoms with Crippen molar-refractivity contribution in [2.75, 3.05) is 13.2 Å². The third-order valence-electron chi connectivity index (χ3n) is 2.01. The molecule has 11 heavy (non-hydrogen) atoms. The van der Waals surface area contributed by atoms with Gasteiger partial charge in [0, 0.05) is 12.6 Å². The van der Waals surface area contributed by atoms with E-state index in [0.717, 1.165) is 0 Å². The predicted molar refractivity (Wildman–Crippen MR) is 38.9 cm³/mol. The predicted octanol–water partition coefficient (Wildman–Crippen LogP) is -3.00. The summed E-state index contributed by atoms with van der Waals surface area (Å²) in [6, 6.07) is -0.905. The topological polar surface area (TPSA) is 98.7 Å². The third kappa shape index (κ3) is 1.69. The van der Waals surface area contributed by atoms with E-state index in [1.54, 1.807) is 0 Å². The van der Waals surface area contributed by atoms with Gasteiger partial charge in [-0.3, -0.25) is 0 Å². The van der Waals surface area contributed by atoms with Crippen LogP contribution in [0.4, 0.5) is 0 Å². The molecule has 0 spiro atoms. The van der Waals surface area contributed by atoms with Gasteiger partial charge < -0.3 is 26.4 Å². The first-order chi connectivity index (χ1) is 5.16. The summed E-state index contributed by atoms with van der Waals surface area (Å²) in [5.41, 5.74) is 5.43. The van der Waals surface area contributed by atoms with E-state index in [1.807, 2.05) is 0 Å². The molecule has 4 atom stereocenters. The molecule has 0 radical (unpaired) electrons. The average Bonchev–Trinajstić information content (AvgIpc) is 2.01. The minimum absolute atomic E-state index is 0.190. The fourth-order valence-corrected chi connectivity index (χ4v) is 1.19. The molecule has 1 heterocycles. The fraction of sp³-hybridized carbons (Fsp3) is 1.00. The Labute approximate surface area is 64.8 Å². The molecule has 0 aromatic heterocycles. The lowest BCUT2D eigenvalue weighted by Crippen LogP contribution is -2.63. The van der Waals surface area contributed by atoms with Crippen LogP contribution >= 0.6 is 0 Å². The molecule has 6 N–H and O–H groups in total. The lowest BCUT2D eigenvalue weighted by Gasteiger charge is -2.35. The highest BCUT2D eigenvalue weighted by Crippen LogP contribution is 2.08. The van der Waals surface area contributed by atoms with Gasteiger partial charge in [0.15, 0.2) is 0 Å². The quantitative estimate of drug-likeness (QED) is 0.283. The van der Waals surface area contributed by atoms with Crippen LogP contribution in [0.5, 0.6) is 0 Å². The van der Waals surface area contributed by atoms with E-state index in [9.17, 15) is 10.2 Å². The molecule has 1 saturated heterocycles. The molecule has 5 heteroatoms. The number of nitrogens with one attached hydrogen (secondary N) is 1. The normalized spacial score (nSPS) is 45.8. The molecule has 66 valence electrons. The van der Waals surface area contributed by atoms with E-state index in [2.05, 4.69) is 5.32 Å². The maximum absolute atomic E-state index is 9.26. The first kappa shape index (κ1) is 8.89. The lowest BCUT2D eigenvalue weighted by molar-refractivity contribution is -0.0480. The summed E-state index contributed by atoms with van der Waals surface area (Å²) < 4.78 is 0. The van der Waals surface area contributed by atoms with Gasteiger partial charge in [0.05, 0.1) is 24.9 Å². The highest BCUT2D eigenvalue weighted by atomic mass is 16.3. The smallest absolute Gasteiger partial charge is 0.0989 e. The van der Waals surface area contributed by atoms with Crippen molar-refractivity contribution in [3.8, 4) is 0 Å². The molecule has 1 aliphatic rings. The van der Waals surface area contributed by atoms with Crippen LogP contribution in [0, 0.1) is 0 Å². The van der Waals surface area contributed by atoms with Crippen molar-refractivity contribution in [1.29, 1.82) is 0 Å². The van der Waals surface area contributed by atoms with Gasteiger partial charge in [-0.05, 0) is 0 Å². The van der Waals surface area contributed by atoms with E-state index in [-0.39, 0.29) is 6.61 Å². The molecule has 0 amide bonds. The summed E-state index contributed by atoms with van der Waals surface area (Å²) in [4.78, 5) is 0. The maximum atomic E-state index is 9.26. The molecular weight excluding hydrogens is 148 g/mol. The van der Waals surface area contributed by atoms with Crippen molar-refractivity contribution in [2.45, 2.75) is 24.3 Å². The van der Waals surface area contributed by atoms with Crippen LogP contribution in [0.3, 0.4) is 0 Å². The third-order valence-corrected chi connectivity index (χ3v) is 2.01. The highest BCUT2D eigenvalue weighted by molar-refractivity contribution is 4.93. The summed E-state index contributed by atoms with van der Waals surface area (Å²) in [6.45, 7) is 0.231. The lowest BCUT2D eigenvalue weighted by atomic mass is 9.95.